The van der Waals surface area contributed by atoms with Crippen molar-refractivity contribution >= 4 is 17.0 Å². The van der Waals surface area contributed by atoms with E-state index < -0.39 is 0 Å². The van der Waals surface area contributed by atoms with Crippen LogP contribution in [0.1, 0.15) is 10.4 Å². The Morgan fingerprint density at radius 3 is 2.81 bits per heavy atom. The Hall–Kier alpha value is -1.68. The molecule has 16 heavy (non-hydrogen) atoms. The van der Waals surface area contributed by atoms with Gasteiger partial charge in [0.2, 0.25) is 0 Å². The second-order valence-corrected chi connectivity index (χ2v) is 5.14. The van der Waals surface area contributed by atoms with Crippen LogP contribution in [0.3, 0.4) is 0 Å². The molecule has 0 saturated carbocycles. The summed E-state index contributed by atoms with van der Waals surface area (Å²) in [5.41, 5.74) is 2.11. The third kappa shape index (κ3) is 1.51. The highest BCUT2D eigenvalue weighted by molar-refractivity contribution is 7.15. The van der Waals surface area contributed by atoms with Gasteiger partial charge in [0.05, 0.1) is 4.88 Å². The number of aromatic nitrogens is 3. The number of nitrogens with zero attached hydrogens (tertiary/aromatic N) is 3. The molecule has 0 aliphatic rings. The van der Waals surface area contributed by atoms with E-state index in [2.05, 4.69) is 36.1 Å². The zero-order chi connectivity index (χ0) is 11.1. The zero-order valence-corrected chi connectivity index (χ0v) is 9.95. The molecule has 0 radical (unpaired) electrons. The maximum atomic E-state index is 4.52. The van der Waals surface area contributed by atoms with Crippen molar-refractivity contribution in [1.82, 2.24) is 14.6 Å². The molecule has 0 fully saturated rings. The second-order valence-electron chi connectivity index (χ2n) is 3.85. The minimum atomic E-state index is 0.809. The lowest BCUT2D eigenvalue weighted by Crippen LogP contribution is -1.86. The molecule has 3 aromatic rings. The number of rotatable bonds is 1. The Kier molecular flexibility index (Phi) is 2.04. The average Bonchev–Trinajstić information content (AvgIpc) is 2.83. The van der Waals surface area contributed by atoms with Gasteiger partial charge < -0.3 is 0 Å². The van der Waals surface area contributed by atoms with Gasteiger partial charge in [0, 0.05) is 11.1 Å². The molecule has 4 heteroatoms. The molecule has 0 amide bonds. The summed E-state index contributed by atoms with van der Waals surface area (Å²) in [5.74, 6) is 0.809. The van der Waals surface area contributed by atoms with Crippen LogP contribution in [0.5, 0.6) is 0 Å². The Labute approximate surface area is 97.4 Å². The van der Waals surface area contributed by atoms with Gasteiger partial charge in [-0.25, -0.2) is 9.50 Å². The molecule has 3 aromatic heterocycles. The van der Waals surface area contributed by atoms with Crippen LogP contribution < -0.4 is 0 Å². The van der Waals surface area contributed by atoms with Crippen LogP contribution in [0.4, 0.5) is 0 Å². The van der Waals surface area contributed by atoms with E-state index in [9.17, 15) is 0 Å². The average molecular weight is 229 g/mol. The van der Waals surface area contributed by atoms with Gasteiger partial charge >= 0.3 is 0 Å². The highest BCUT2D eigenvalue weighted by atomic mass is 32.1. The Bertz CT molecular complexity index is 651. The molecule has 0 spiro atoms. The largest absolute Gasteiger partial charge is 0.220 e. The normalized spacial score (nSPS) is 11.1. The van der Waals surface area contributed by atoms with Gasteiger partial charge in [0.15, 0.2) is 11.5 Å². The van der Waals surface area contributed by atoms with Gasteiger partial charge in [-0.15, -0.1) is 16.4 Å². The molecule has 0 bridgehead atoms. The maximum Gasteiger partial charge on any atom is 0.192 e. The summed E-state index contributed by atoms with van der Waals surface area (Å²) in [7, 11) is 0. The first-order chi connectivity index (χ1) is 7.72. The zero-order valence-electron chi connectivity index (χ0n) is 9.14. The first kappa shape index (κ1) is 9.54. The third-order valence-electron chi connectivity index (χ3n) is 2.45. The number of fused-ring (bicyclic) bond motifs is 1. The molecule has 3 nitrogen and oxygen atoms in total. The van der Waals surface area contributed by atoms with Gasteiger partial charge in [-0.2, -0.15) is 0 Å². The van der Waals surface area contributed by atoms with Gasteiger partial charge in [0.1, 0.15) is 0 Å². The molecule has 0 aliphatic carbocycles. The highest BCUT2D eigenvalue weighted by Gasteiger charge is 2.07. The summed E-state index contributed by atoms with van der Waals surface area (Å²) in [6.45, 7) is 4.15. The van der Waals surface area contributed by atoms with Crippen molar-refractivity contribution in [3.63, 3.8) is 0 Å². The lowest BCUT2D eigenvalue weighted by atomic mass is 10.3. The van der Waals surface area contributed by atoms with Gasteiger partial charge in [0.25, 0.3) is 0 Å². The van der Waals surface area contributed by atoms with Crippen molar-refractivity contribution < 1.29 is 0 Å². The predicted octanol–water partition coefficient (Wildman–Crippen LogP) is 3.07. The predicted molar refractivity (Wildman–Crippen MR) is 65.8 cm³/mol. The fraction of sp³-hybridized carbons (Fsp3) is 0.167. The molecule has 0 saturated heterocycles. The number of hydrogen-bond acceptors (Lipinski definition) is 3. The van der Waals surface area contributed by atoms with Gasteiger partial charge in [-0.3, -0.25) is 0 Å². The number of hydrogen-bond donors (Lipinski definition) is 0. The molecule has 0 N–H and O–H groups in total. The molecule has 3 rings (SSSR count). The highest BCUT2D eigenvalue weighted by Crippen LogP contribution is 2.25. The maximum absolute atomic E-state index is 4.52. The fourth-order valence-electron chi connectivity index (χ4n) is 1.64. The Balaban J connectivity index is 2.18. The van der Waals surface area contributed by atoms with Crippen molar-refractivity contribution in [2.24, 2.45) is 0 Å². The van der Waals surface area contributed by atoms with E-state index >= 15 is 0 Å². The number of pyridine rings is 1. The van der Waals surface area contributed by atoms with E-state index in [0.29, 0.717) is 0 Å². The lowest BCUT2D eigenvalue weighted by molar-refractivity contribution is 0.963. The smallest absolute Gasteiger partial charge is 0.192 e. The second kappa shape index (κ2) is 3.42. The quantitative estimate of drug-likeness (QED) is 0.642. The first-order valence-corrected chi connectivity index (χ1v) is 5.94. The van der Waals surface area contributed by atoms with Crippen molar-refractivity contribution in [2.45, 2.75) is 13.8 Å². The van der Waals surface area contributed by atoms with E-state index in [1.165, 1.54) is 10.4 Å². The van der Waals surface area contributed by atoms with E-state index in [1.54, 1.807) is 11.3 Å². The monoisotopic (exact) mass is 229 g/mol. The van der Waals surface area contributed by atoms with Crippen LogP contribution >= 0.6 is 11.3 Å². The minimum absolute atomic E-state index is 0.809. The first-order valence-electron chi connectivity index (χ1n) is 5.12. The van der Waals surface area contributed by atoms with Crippen LogP contribution in [0, 0.1) is 13.8 Å². The molecule has 0 aromatic carbocycles. The third-order valence-corrected chi connectivity index (χ3v) is 3.45. The van der Waals surface area contributed by atoms with Gasteiger partial charge in [-0.1, -0.05) is 0 Å². The Morgan fingerprint density at radius 2 is 2.06 bits per heavy atom. The lowest BCUT2D eigenvalue weighted by Gasteiger charge is -1.90. The van der Waals surface area contributed by atoms with Crippen LogP contribution in [0.15, 0.2) is 30.5 Å². The molecule has 0 aliphatic heterocycles. The number of thiophene rings is 1. The molecular weight excluding hydrogens is 218 g/mol. The standard InChI is InChI=1S/C12H11N3S/c1-8-5-6-15-11(7-8)13-12(14-15)10-4-3-9(2)16-10/h3-7H,1-2H3. The topological polar surface area (TPSA) is 30.2 Å². The van der Waals surface area contributed by atoms with Crippen LogP contribution in [-0.2, 0) is 0 Å². The number of aryl methyl sites for hydroxylation is 2. The minimum Gasteiger partial charge on any atom is -0.220 e. The van der Waals surface area contributed by atoms with Crippen molar-refractivity contribution in [3.8, 4) is 10.7 Å². The van der Waals surface area contributed by atoms with E-state index in [0.717, 1.165) is 16.3 Å². The summed E-state index contributed by atoms with van der Waals surface area (Å²) in [5, 5.41) is 4.45. The summed E-state index contributed by atoms with van der Waals surface area (Å²) < 4.78 is 1.82. The van der Waals surface area contributed by atoms with Crippen molar-refractivity contribution in [1.29, 1.82) is 0 Å². The molecule has 0 unspecified atom stereocenters. The SMILES string of the molecule is Cc1ccn2nc(-c3ccc(C)s3)nc2c1. The van der Waals surface area contributed by atoms with Crippen LogP contribution in [0.25, 0.3) is 16.3 Å². The molecular formula is C12H11N3S. The van der Waals surface area contributed by atoms with Crippen molar-refractivity contribution in [3.05, 3.63) is 40.9 Å². The summed E-state index contributed by atoms with van der Waals surface area (Å²) >= 11 is 1.72. The van der Waals surface area contributed by atoms with Gasteiger partial charge in [-0.05, 0) is 43.7 Å². The molecule has 80 valence electrons. The molecule has 0 atom stereocenters. The van der Waals surface area contributed by atoms with Crippen molar-refractivity contribution in [2.75, 3.05) is 0 Å². The van der Waals surface area contributed by atoms with Crippen LogP contribution in [-0.4, -0.2) is 14.6 Å². The summed E-state index contributed by atoms with van der Waals surface area (Å²) in [6.07, 6.45) is 1.95. The summed E-state index contributed by atoms with van der Waals surface area (Å²) in [6, 6.07) is 8.24. The van der Waals surface area contributed by atoms with E-state index in [1.807, 2.05) is 22.8 Å². The Morgan fingerprint density at radius 1 is 1.19 bits per heavy atom. The summed E-state index contributed by atoms with van der Waals surface area (Å²) in [4.78, 5) is 6.93. The molecule has 3 heterocycles. The van der Waals surface area contributed by atoms with E-state index in [4.69, 9.17) is 0 Å². The van der Waals surface area contributed by atoms with Crippen LogP contribution in [0.2, 0.25) is 0 Å². The fourth-order valence-corrected chi connectivity index (χ4v) is 2.44. The van der Waals surface area contributed by atoms with E-state index in [-0.39, 0.29) is 0 Å².